The summed E-state index contributed by atoms with van der Waals surface area (Å²) >= 11 is 0. The Labute approximate surface area is 123 Å². The summed E-state index contributed by atoms with van der Waals surface area (Å²) in [5, 5.41) is 9.22. The molecule has 1 aliphatic heterocycles. The van der Waals surface area contributed by atoms with Gasteiger partial charge in [-0.3, -0.25) is 9.69 Å². The number of rotatable bonds is 3. The number of urea groups is 1. The average Bonchev–Trinajstić information content (AvgIpc) is 2.84. The Bertz CT molecular complexity index is 564. The molecule has 5 nitrogen and oxygen atoms in total. The summed E-state index contributed by atoms with van der Waals surface area (Å²) in [6.45, 7) is 4.40. The summed E-state index contributed by atoms with van der Waals surface area (Å²) in [5.41, 5.74) is -0.428. The molecule has 1 aromatic carbocycles. The minimum Gasteiger partial charge on any atom is -0.481 e. The summed E-state index contributed by atoms with van der Waals surface area (Å²) in [6.07, 6.45) is 0.425. The van der Waals surface area contributed by atoms with Gasteiger partial charge in [0, 0.05) is 25.3 Å². The van der Waals surface area contributed by atoms with Gasteiger partial charge < -0.3 is 10.0 Å². The smallest absolute Gasteiger partial charge is 0.324 e. The fourth-order valence-corrected chi connectivity index (χ4v) is 2.54. The topological polar surface area (TPSA) is 60.9 Å². The van der Waals surface area contributed by atoms with Crippen LogP contribution in [0.5, 0.6) is 0 Å². The molecule has 1 N–H and O–H groups in total. The molecule has 1 saturated heterocycles. The molecule has 1 aromatic rings. The van der Waals surface area contributed by atoms with Crippen molar-refractivity contribution >= 4 is 17.7 Å². The lowest BCUT2D eigenvalue weighted by atomic mass is 9.90. The number of carbonyl (C=O) groups excluding carboxylic acids is 1. The molecule has 0 radical (unpaired) electrons. The summed E-state index contributed by atoms with van der Waals surface area (Å²) in [6, 6.07) is 5.55. The second-order valence-electron chi connectivity index (χ2n) is 5.54. The van der Waals surface area contributed by atoms with Crippen LogP contribution in [0.3, 0.4) is 0 Å². The first kappa shape index (κ1) is 15.3. The van der Waals surface area contributed by atoms with Crippen LogP contribution < -0.4 is 4.90 Å². The van der Waals surface area contributed by atoms with Gasteiger partial charge in [0.2, 0.25) is 0 Å². The average molecular weight is 294 g/mol. The van der Waals surface area contributed by atoms with Crippen LogP contribution in [0, 0.1) is 11.2 Å². The minimum absolute atomic E-state index is 0.174. The first-order chi connectivity index (χ1) is 9.87. The fraction of sp³-hybridized carbons (Fsp3) is 0.467. The van der Waals surface area contributed by atoms with E-state index in [1.807, 2.05) is 0 Å². The van der Waals surface area contributed by atoms with Crippen molar-refractivity contribution in [2.24, 2.45) is 5.41 Å². The molecule has 114 valence electrons. The fourth-order valence-electron chi connectivity index (χ4n) is 2.54. The van der Waals surface area contributed by atoms with E-state index in [1.54, 1.807) is 26.0 Å². The van der Waals surface area contributed by atoms with E-state index in [9.17, 15) is 19.1 Å². The molecule has 0 aromatic heterocycles. The highest BCUT2D eigenvalue weighted by Crippen LogP contribution is 2.31. The second-order valence-corrected chi connectivity index (χ2v) is 5.54. The molecule has 0 aliphatic carbocycles. The molecule has 21 heavy (non-hydrogen) atoms. The third-order valence-electron chi connectivity index (χ3n) is 3.93. The lowest BCUT2D eigenvalue weighted by Gasteiger charge is -2.28. The van der Waals surface area contributed by atoms with E-state index < -0.39 is 17.2 Å². The van der Waals surface area contributed by atoms with E-state index in [4.69, 9.17) is 0 Å². The molecule has 2 amide bonds. The number of nitrogens with zero attached hydrogens (tertiary/aromatic N) is 2. The molecule has 1 fully saturated rings. The van der Waals surface area contributed by atoms with Crippen LogP contribution in [0.15, 0.2) is 24.3 Å². The van der Waals surface area contributed by atoms with Gasteiger partial charge in [-0.2, -0.15) is 0 Å². The van der Waals surface area contributed by atoms with Gasteiger partial charge in [-0.1, -0.05) is 6.07 Å². The quantitative estimate of drug-likeness (QED) is 0.932. The van der Waals surface area contributed by atoms with E-state index in [0.717, 1.165) is 0 Å². The van der Waals surface area contributed by atoms with Gasteiger partial charge in [-0.05, 0) is 38.5 Å². The molecule has 2 rings (SSSR count). The highest BCUT2D eigenvalue weighted by atomic mass is 19.1. The predicted octanol–water partition coefficient (Wildman–Crippen LogP) is 2.57. The SMILES string of the molecule is CCN(C(=O)N1CCC(C)(C(=O)O)C1)c1cccc(F)c1. The normalized spacial score (nSPS) is 21.4. The maximum Gasteiger partial charge on any atom is 0.324 e. The van der Waals surface area contributed by atoms with Crippen LogP contribution in [-0.2, 0) is 4.79 Å². The third-order valence-corrected chi connectivity index (χ3v) is 3.93. The highest BCUT2D eigenvalue weighted by Gasteiger charge is 2.43. The molecule has 0 saturated carbocycles. The largest absolute Gasteiger partial charge is 0.481 e. The number of halogens is 1. The standard InChI is InChI=1S/C15H19FN2O3/c1-3-18(12-6-4-5-11(16)9-12)14(21)17-8-7-15(2,10-17)13(19)20/h4-6,9H,3,7-8,10H2,1-2H3,(H,19,20). The second kappa shape index (κ2) is 5.71. The summed E-state index contributed by atoms with van der Waals surface area (Å²) in [4.78, 5) is 26.8. The number of amides is 2. The minimum atomic E-state index is -0.906. The Kier molecular flexibility index (Phi) is 4.16. The van der Waals surface area contributed by atoms with Gasteiger partial charge in [0.25, 0.3) is 0 Å². The number of anilines is 1. The van der Waals surface area contributed by atoms with Crippen molar-refractivity contribution in [3.63, 3.8) is 0 Å². The highest BCUT2D eigenvalue weighted by molar-refractivity contribution is 5.92. The molecule has 1 unspecified atom stereocenters. The van der Waals surface area contributed by atoms with Gasteiger partial charge in [0.1, 0.15) is 5.82 Å². The molecule has 1 heterocycles. The van der Waals surface area contributed by atoms with Crippen molar-refractivity contribution in [2.45, 2.75) is 20.3 Å². The zero-order chi connectivity index (χ0) is 15.6. The number of carbonyl (C=O) groups is 2. The van der Waals surface area contributed by atoms with Gasteiger partial charge in [0.15, 0.2) is 0 Å². The number of carboxylic acids is 1. The number of carboxylic acid groups (broad SMARTS) is 1. The van der Waals surface area contributed by atoms with Crippen LogP contribution in [0.25, 0.3) is 0 Å². The maximum absolute atomic E-state index is 13.3. The lowest BCUT2D eigenvalue weighted by molar-refractivity contribution is -0.146. The van der Waals surface area contributed by atoms with E-state index >= 15 is 0 Å². The molecule has 0 spiro atoms. The number of benzene rings is 1. The van der Waals surface area contributed by atoms with Crippen LogP contribution in [-0.4, -0.2) is 41.6 Å². The van der Waals surface area contributed by atoms with Gasteiger partial charge in [0.05, 0.1) is 5.41 Å². The Morgan fingerprint density at radius 3 is 2.71 bits per heavy atom. The first-order valence-electron chi connectivity index (χ1n) is 6.93. The molecular weight excluding hydrogens is 275 g/mol. The van der Waals surface area contributed by atoms with Crippen molar-refractivity contribution in [1.82, 2.24) is 4.90 Å². The molecule has 1 atom stereocenters. The van der Waals surface area contributed by atoms with Crippen molar-refractivity contribution in [2.75, 3.05) is 24.5 Å². The number of likely N-dealkylation sites (tertiary alicyclic amines) is 1. The van der Waals surface area contributed by atoms with Crippen molar-refractivity contribution in [3.05, 3.63) is 30.1 Å². The molecular formula is C15H19FN2O3. The van der Waals surface area contributed by atoms with E-state index in [2.05, 4.69) is 0 Å². The van der Waals surface area contributed by atoms with Crippen LogP contribution >= 0.6 is 0 Å². The van der Waals surface area contributed by atoms with E-state index in [0.29, 0.717) is 25.2 Å². The van der Waals surface area contributed by atoms with Crippen LogP contribution in [0.2, 0.25) is 0 Å². The molecule has 6 heteroatoms. The Balaban J connectivity index is 2.17. The van der Waals surface area contributed by atoms with Crippen molar-refractivity contribution < 1.29 is 19.1 Å². The maximum atomic E-state index is 13.3. The summed E-state index contributed by atoms with van der Waals surface area (Å²) in [7, 11) is 0. The number of hydrogen-bond donors (Lipinski definition) is 1. The monoisotopic (exact) mass is 294 g/mol. The molecule has 0 bridgehead atoms. The van der Waals surface area contributed by atoms with Crippen LogP contribution in [0.1, 0.15) is 20.3 Å². The van der Waals surface area contributed by atoms with E-state index in [-0.39, 0.29) is 12.6 Å². The van der Waals surface area contributed by atoms with Gasteiger partial charge in [-0.15, -0.1) is 0 Å². The molecule has 1 aliphatic rings. The Morgan fingerprint density at radius 2 is 2.19 bits per heavy atom. The summed E-state index contributed by atoms with van der Waals surface area (Å²) < 4.78 is 13.3. The number of aliphatic carboxylic acids is 1. The third kappa shape index (κ3) is 2.99. The van der Waals surface area contributed by atoms with Crippen molar-refractivity contribution in [1.29, 1.82) is 0 Å². The van der Waals surface area contributed by atoms with Crippen LogP contribution in [0.4, 0.5) is 14.9 Å². The predicted molar refractivity (Wildman–Crippen MR) is 76.7 cm³/mol. The first-order valence-corrected chi connectivity index (χ1v) is 6.93. The van der Waals surface area contributed by atoms with Gasteiger partial charge in [-0.25, -0.2) is 9.18 Å². The summed E-state index contributed by atoms with van der Waals surface area (Å²) in [5.74, 6) is -1.30. The lowest BCUT2D eigenvalue weighted by Crippen LogP contribution is -2.43. The zero-order valence-electron chi connectivity index (χ0n) is 12.2. The zero-order valence-corrected chi connectivity index (χ0v) is 12.2. The van der Waals surface area contributed by atoms with E-state index in [1.165, 1.54) is 21.9 Å². The Morgan fingerprint density at radius 1 is 1.48 bits per heavy atom. The Hall–Kier alpha value is -2.11. The van der Waals surface area contributed by atoms with Gasteiger partial charge >= 0.3 is 12.0 Å². The van der Waals surface area contributed by atoms with Crippen molar-refractivity contribution in [3.8, 4) is 0 Å². The number of hydrogen-bond acceptors (Lipinski definition) is 2.